The maximum atomic E-state index is 12.0. The molecule has 6 aliphatic carbocycles. The van der Waals surface area contributed by atoms with Crippen LogP contribution in [0.25, 0.3) is 0 Å². The number of ether oxygens (including phenoxy) is 1. The van der Waals surface area contributed by atoms with E-state index in [0.29, 0.717) is 46.7 Å². The molecule has 6 aliphatic rings. The quantitative estimate of drug-likeness (QED) is 0.595. The summed E-state index contributed by atoms with van der Waals surface area (Å²) in [5.41, 5.74) is 0.872. The lowest BCUT2D eigenvalue weighted by Gasteiger charge is -2.32. The number of carboxylic acids is 1. The fourth-order valence-electron chi connectivity index (χ4n) is 6.48. The maximum absolute atomic E-state index is 12.0. The van der Waals surface area contributed by atoms with Gasteiger partial charge in [0.2, 0.25) is 0 Å². The van der Waals surface area contributed by atoms with Gasteiger partial charge in [-0.15, -0.1) is 0 Å². The molecular weight excluding hydrogens is 244 g/mol. The molecule has 8 atom stereocenters. The fraction of sp³-hybridized carbons (Fsp3) is 0.600. The minimum absolute atomic E-state index is 0.109. The molecule has 0 aromatic carbocycles. The Morgan fingerprint density at radius 3 is 2.11 bits per heavy atom. The van der Waals surface area contributed by atoms with Crippen LogP contribution in [0.15, 0.2) is 23.3 Å². The van der Waals surface area contributed by atoms with Gasteiger partial charge in [-0.1, -0.05) is 12.2 Å². The monoisotopic (exact) mass is 258 g/mol. The molecule has 0 aromatic heterocycles. The summed E-state index contributed by atoms with van der Waals surface area (Å²) in [5, 5.41) is 9.50. The molecule has 0 heterocycles. The van der Waals surface area contributed by atoms with Crippen molar-refractivity contribution in [3.05, 3.63) is 23.3 Å². The summed E-state index contributed by atoms with van der Waals surface area (Å²) in [6.07, 6.45) is 4.60. The second kappa shape index (κ2) is 2.79. The predicted octanol–water partition coefficient (Wildman–Crippen LogP) is 1.09. The number of carboxylic acid groups (broad SMARTS) is 1. The summed E-state index contributed by atoms with van der Waals surface area (Å²) < 4.78 is 4.84. The van der Waals surface area contributed by atoms with Crippen molar-refractivity contribution >= 4 is 11.9 Å². The van der Waals surface area contributed by atoms with E-state index in [1.54, 1.807) is 0 Å². The van der Waals surface area contributed by atoms with Gasteiger partial charge in [0, 0.05) is 0 Å². The highest BCUT2D eigenvalue weighted by Crippen LogP contribution is 2.81. The highest BCUT2D eigenvalue weighted by molar-refractivity contribution is 6.02. The van der Waals surface area contributed by atoms with Crippen LogP contribution in [-0.2, 0) is 14.3 Å². The number of aliphatic carboxylic acids is 1. The number of rotatable bonds is 2. The Bertz CT molecular complexity index is 601. The number of hydrogen-bond donors (Lipinski definition) is 1. The van der Waals surface area contributed by atoms with E-state index in [2.05, 4.69) is 12.2 Å². The van der Waals surface area contributed by atoms with Gasteiger partial charge in [0.05, 0.1) is 18.3 Å². The van der Waals surface area contributed by atoms with Gasteiger partial charge in [-0.2, -0.15) is 0 Å². The molecule has 4 saturated carbocycles. The summed E-state index contributed by atoms with van der Waals surface area (Å²) in [6.45, 7) is 0. The average Bonchev–Trinajstić information content (AvgIpc) is 3.15. The van der Waals surface area contributed by atoms with E-state index in [-0.39, 0.29) is 11.8 Å². The van der Waals surface area contributed by atoms with Gasteiger partial charge < -0.3 is 9.84 Å². The minimum Gasteiger partial charge on any atom is -0.478 e. The topological polar surface area (TPSA) is 63.6 Å². The van der Waals surface area contributed by atoms with E-state index < -0.39 is 11.9 Å². The first-order chi connectivity index (χ1) is 9.16. The van der Waals surface area contributed by atoms with Gasteiger partial charge in [-0.25, -0.2) is 9.59 Å². The Hall–Kier alpha value is -1.58. The van der Waals surface area contributed by atoms with E-state index in [1.807, 2.05) is 0 Å². The summed E-state index contributed by atoms with van der Waals surface area (Å²) >= 11 is 0. The Morgan fingerprint density at radius 1 is 1.00 bits per heavy atom. The summed E-state index contributed by atoms with van der Waals surface area (Å²) in [7, 11) is 1.34. The van der Waals surface area contributed by atoms with E-state index in [9.17, 15) is 14.7 Å². The first-order valence-corrected chi connectivity index (χ1v) is 6.90. The van der Waals surface area contributed by atoms with Crippen LogP contribution in [0.4, 0.5) is 0 Å². The van der Waals surface area contributed by atoms with Crippen molar-refractivity contribution in [1.29, 1.82) is 0 Å². The van der Waals surface area contributed by atoms with Gasteiger partial charge >= 0.3 is 11.9 Å². The van der Waals surface area contributed by atoms with Crippen LogP contribution >= 0.6 is 0 Å². The van der Waals surface area contributed by atoms with Crippen molar-refractivity contribution in [3.8, 4) is 0 Å². The molecule has 4 heteroatoms. The highest BCUT2D eigenvalue weighted by atomic mass is 16.5. The Balaban J connectivity index is 1.71. The highest BCUT2D eigenvalue weighted by Gasteiger charge is 2.79. The molecule has 4 fully saturated rings. The minimum atomic E-state index is -0.913. The van der Waals surface area contributed by atoms with Crippen LogP contribution in [0.2, 0.25) is 0 Å². The van der Waals surface area contributed by atoms with Gasteiger partial charge in [0.25, 0.3) is 0 Å². The molecule has 0 aromatic rings. The molecule has 6 rings (SSSR count). The number of carbonyl (C=O) groups is 2. The largest absolute Gasteiger partial charge is 0.478 e. The normalized spacial score (nSPS) is 53.7. The number of carbonyl (C=O) groups excluding carboxylic acids is 1. The molecule has 0 amide bonds. The molecule has 98 valence electrons. The Morgan fingerprint density at radius 2 is 1.58 bits per heavy atom. The number of hydrogen-bond acceptors (Lipinski definition) is 3. The van der Waals surface area contributed by atoms with Crippen LogP contribution in [-0.4, -0.2) is 24.2 Å². The summed E-state index contributed by atoms with van der Waals surface area (Å²) in [5.74, 6) is 2.08. The second-order valence-corrected chi connectivity index (χ2v) is 6.52. The van der Waals surface area contributed by atoms with Crippen molar-refractivity contribution in [2.75, 3.05) is 7.11 Å². The smallest absolute Gasteiger partial charge is 0.334 e. The van der Waals surface area contributed by atoms with Crippen molar-refractivity contribution in [1.82, 2.24) is 0 Å². The van der Waals surface area contributed by atoms with Gasteiger partial charge in [-0.05, 0) is 47.3 Å². The van der Waals surface area contributed by atoms with Crippen LogP contribution in [0.1, 0.15) is 0 Å². The van der Waals surface area contributed by atoms with Crippen LogP contribution in [0, 0.1) is 47.3 Å². The zero-order valence-electron chi connectivity index (χ0n) is 10.4. The third-order valence-corrected chi connectivity index (χ3v) is 6.47. The molecule has 1 N–H and O–H groups in total. The van der Waals surface area contributed by atoms with Crippen LogP contribution < -0.4 is 0 Å². The number of esters is 1. The van der Waals surface area contributed by atoms with Gasteiger partial charge in [0.1, 0.15) is 0 Å². The van der Waals surface area contributed by atoms with Gasteiger partial charge in [-0.3, -0.25) is 0 Å². The lowest BCUT2D eigenvalue weighted by atomic mass is 9.71. The molecule has 0 aliphatic heterocycles. The summed E-state index contributed by atoms with van der Waals surface area (Å²) in [4.78, 5) is 23.6. The second-order valence-electron chi connectivity index (χ2n) is 6.52. The molecule has 8 unspecified atom stereocenters. The zero-order chi connectivity index (χ0) is 13.0. The molecule has 19 heavy (non-hydrogen) atoms. The van der Waals surface area contributed by atoms with Crippen molar-refractivity contribution < 1.29 is 19.4 Å². The lowest BCUT2D eigenvalue weighted by Crippen LogP contribution is -2.32. The van der Waals surface area contributed by atoms with E-state index in [0.717, 1.165) is 0 Å². The maximum Gasteiger partial charge on any atom is 0.334 e. The van der Waals surface area contributed by atoms with Crippen molar-refractivity contribution in [3.63, 3.8) is 0 Å². The van der Waals surface area contributed by atoms with Crippen molar-refractivity contribution in [2.45, 2.75) is 0 Å². The zero-order valence-corrected chi connectivity index (χ0v) is 10.4. The third kappa shape index (κ3) is 0.798. The first kappa shape index (κ1) is 10.2. The van der Waals surface area contributed by atoms with E-state index in [4.69, 9.17) is 4.74 Å². The molecule has 4 nitrogen and oxygen atoms in total. The van der Waals surface area contributed by atoms with E-state index >= 15 is 0 Å². The molecular formula is C15H14O4. The summed E-state index contributed by atoms with van der Waals surface area (Å²) in [6, 6.07) is 0. The fourth-order valence-corrected chi connectivity index (χ4v) is 6.48. The van der Waals surface area contributed by atoms with E-state index in [1.165, 1.54) is 7.11 Å². The standard InChI is InChI=1S/C15H14O4/c1-19-15(18)13-11-8-5-3-2-4-6(5)9(11)10(7(4)8)12(13)14(16)17/h2-11H,1H3,(H,16,17). The average molecular weight is 258 g/mol. The van der Waals surface area contributed by atoms with Gasteiger partial charge in [0.15, 0.2) is 0 Å². The first-order valence-electron chi connectivity index (χ1n) is 6.90. The Labute approximate surface area is 110 Å². The number of allylic oxidation sites excluding steroid dienone is 2. The van der Waals surface area contributed by atoms with Crippen LogP contribution in [0.3, 0.4) is 0 Å². The molecule has 0 spiro atoms. The Kier molecular flexibility index (Phi) is 1.50. The molecule has 8 bridgehead atoms. The predicted molar refractivity (Wildman–Crippen MR) is 63.7 cm³/mol. The molecule has 0 radical (unpaired) electrons. The SMILES string of the molecule is COC(=O)C1=C(C(=O)O)C2C3C4C=CC5C4C2C1C53. The molecule has 0 saturated heterocycles. The lowest BCUT2D eigenvalue weighted by molar-refractivity contribution is -0.139. The number of methoxy groups -OCH3 is 1. The van der Waals surface area contributed by atoms with Crippen LogP contribution in [0.5, 0.6) is 0 Å². The third-order valence-electron chi connectivity index (χ3n) is 6.47. The van der Waals surface area contributed by atoms with Crippen molar-refractivity contribution in [2.24, 2.45) is 47.3 Å².